The van der Waals surface area contributed by atoms with E-state index in [9.17, 15) is 4.79 Å². The van der Waals surface area contributed by atoms with Crippen molar-refractivity contribution in [3.8, 4) is 0 Å². The van der Waals surface area contributed by atoms with Gasteiger partial charge in [-0.3, -0.25) is 4.79 Å². The highest BCUT2D eigenvalue weighted by molar-refractivity contribution is 5.78. The number of benzene rings is 1. The maximum atomic E-state index is 11.1. The molecule has 0 atom stereocenters. The van der Waals surface area contributed by atoms with Crippen LogP contribution in [0.5, 0.6) is 0 Å². The van der Waals surface area contributed by atoms with E-state index in [1.54, 1.807) is 0 Å². The summed E-state index contributed by atoms with van der Waals surface area (Å²) in [7, 11) is 0. The number of hydrogen-bond acceptors (Lipinski definition) is 3. The molecule has 20 heavy (non-hydrogen) atoms. The van der Waals surface area contributed by atoms with Gasteiger partial charge in [-0.2, -0.15) is 0 Å². The minimum Gasteiger partial charge on any atom is -0.382 e. The second-order valence-corrected chi connectivity index (χ2v) is 5.85. The number of nitrogens with two attached hydrogens (primary N) is 1. The summed E-state index contributed by atoms with van der Waals surface area (Å²) < 4.78 is 0. The summed E-state index contributed by atoms with van der Waals surface area (Å²) in [4.78, 5) is 13.6. The van der Waals surface area contributed by atoms with E-state index in [-0.39, 0.29) is 5.91 Å². The number of nitrogens with zero attached hydrogens (tertiary/aromatic N) is 1. The van der Waals surface area contributed by atoms with Crippen LogP contribution in [0.4, 0.5) is 5.69 Å². The summed E-state index contributed by atoms with van der Waals surface area (Å²) in [5.74, 6) is -0.283. The van der Waals surface area contributed by atoms with Gasteiger partial charge in [0.05, 0.1) is 6.42 Å². The Morgan fingerprint density at radius 1 is 1.35 bits per heavy atom. The summed E-state index contributed by atoms with van der Waals surface area (Å²) in [5.41, 5.74) is 7.35. The van der Waals surface area contributed by atoms with Crippen LogP contribution in [0.2, 0.25) is 0 Å². The van der Waals surface area contributed by atoms with Crippen molar-refractivity contribution in [1.82, 2.24) is 4.90 Å². The summed E-state index contributed by atoms with van der Waals surface area (Å²) in [6.07, 6.45) is 2.58. The van der Waals surface area contributed by atoms with Crippen LogP contribution < -0.4 is 11.1 Å². The molecule has 1 aromatic carbocycles. The summed E-state index contributed by atoms with van der Waals surface area (Å²) in [6, 6.07) is 9.06. The zero-order valence-electron chi connectivity index (χ0n) is 12.4. The first-order valence-electron chi connectivity index (χ1n) is 7.43. The second-order valence-electron chi connectivity index (χ2n) is 5.85. The van der Waals surface area contributed by atoms with E-state index in [0.717, 1.165) is 37.2 Å². The number of para-hydroxylation sites is 1. The zero-order chi connectivity index (χ0) is 14.5. The summed E-state index contributed by atoms with van der Waals surface area (Å²) in [5, 5.41) is 3.58. The predicted octanol–water partition coefficient (Wildman–Crippen LogP) is 2.00. The number of piperidine rings is 1. The molecule has 1 amide bonds. The molecule has 0 spiro atoms. The van der Waals surface area contributed by atoms with Crippen molar-refractivity contribution >= 4 is 11.6 Å². The van der Waals surface area contributed by atoms with Crippen LogP contribution >= 0.6 is 0 Å². The van der Waals surface area contributed by atoms with Crippen molar-refractivity contribution in [2.45, 2.75) is 45.2 Å². The Morgan fingerprint density at radius 2 is 2.00 bits per heavy atom. The maximum absolute atomic E-state index is 11.1. The molecule has 1 fully saturated rings. The molecule has 1 heterocycles. The van der Waals surface area contributed by atoms with Gasteiger partial charge in [0.2, 0.25) is 5.91 Å². The Balaban J connectivity index is 1.96. The van der Waals surface area contributed by atoms with E-state index >= 15 is 0 Å². The highest BCUT2D eigenvalue weighted by Gasteiger charge is 2.21. The van der Waals surface area contributed by atoms with Crippen LogP contribution in [0.3, 0.4) is 0 Å². The molecule has 1 aliphatic rings. The molecule has 0 aliphatic carbocycles. The first-order valence-corrected chi connectivity index (χ1v) is 7.43. The van der Waals surface area contributed by atoms with Crippen molar-refractivity contribution in [1.29, 1.82) is 0 Å². The Kier molecular flexibility index (Phi) is 5.01. The monoisotopic (exact) mass is 275 g/mol. The van der Waals surface area contributed by atoms with Crippen molar-refractivity contribution in [2.75, 3.05) is 18.4 Å². The number of carbonyl (C=O) groups is 1. The second kappa shape index (κ2) is 6.75. The van der Waals surface area contributed by atoms with Crippen LogP contribution in [-0.2, 0) is 11.2 Å². The molecule has 3 N–H and O–H groups in total. The molecule has 0 radical (unpaired) electrons. The SMILES string of the molecule is CC(C)N1CCC(Nc2ccccc2CC(N)=O)CC1. The van der Waals surface area contributed by atoms with Gasteiger partial charge in [-0.05, 0) is 38.3 Å². The van der Waals surface area contributed by atoms with Crippen LogP contribution in [0, 0.1) is 0 Å². The van der Waals surface area contributed by atoms with Gasteiger partial charge in [-0.15, -0.1) is 0 Å². The molecular formula is C16H25N3O. The quantitative estimate of drug-likeness (QED) is 0.864. The number of likely N-dealkylation sites (tertiary alicyclic amines) is 1. The average Bonchev–Trinajstić information content (AvgIpc) is 2.41. The third kappa shape index (κ3) is 3.97. The molecule has 4 heteroatoms. The third-order valence-corrected chi connectivity index (χ3v) is 4.00. The lowest BCUT2D eigenvalue weighted by molar-refractivity contribution is -0.117. The minimum atomic E-state index is -0.283. The van der Waals surface area contributed by atoms with Gasteiger partial charge in [0.15, 0.2) is 0 Å². The fourth-order valence-corrected chi connectivity index (χ4v) is 2.78. The lowest BCUT2D eigenvalue weighted by atomic mass is 10.0. The van der Waals surface area contributed by atoms with Gasteiger partial charge in [-0.1, -0.05) is 18.2 Å². The van der Waals surface area contributed by atoms with Crippen LogP contribution in [0.1, 0.15) is 32.3 Å². The van der Waals surface area contributed by atoms with Crippen molar-refractivity contribution in [3.63, 3.8) is 0 Å². The molecule has 0 bridgehead atoms. The van der Waals surface area contributed by atoms with Crippen molar-refractivity contribution in [3.05, 3.63) is 29.8 Å². The smallest absolute Gasteiger partial charge is 0.221 e. The van der Waals surface area contributed by atoms with Crippen LogP contribution in [0.15, 0.2) is 24.3 Å². The van der Waals surface area contributed by atoms with Crippen LogP contribution in [0.25, 0.3) is 0 Å². The topological polar surface area (TPSA) is 58.4 Å². The summed E-state index contributed by atoms with van der Waals surface area (Å²) >= 11 is 0. The highest BCUT2D eigenvalue weighted by atomic mass is 16.1. The van der Waals surface area contributed by atoms with Gasteiger partial charge in [0.1, 0.15) is 0 Å². The van der Waals surface area contributed by atoms with Crippen molar-refractivity contribution in [2.24, 2.45) is 5.73 Å². The van der Waals surface area contributed by atoms with Gasteiger partial charge in [0, 0.05) is 30.9 Å². The number of anilines is 1. The predicted molar refractivity (Wildman–Crippen MR) is 82.7 cm³/mol. The Labute approximate surface area is 121 Å². The van der Waals surface area contributed by atoms with Crippen molar-refractivity contribution < 1.29 is 4.79 Å². The average molecular weight is 275 g/mol. The number of nitrogens with one attached hydrogen (secondary N) is 1. The van der Waals surface area contributed by atoms with E-state index in [4.69, 9.17) is 5.73 Å². The summed E-state index contributed by atoms with van der Waals surface area (Å²) in [6.45, 7) is 6.76. The molecule has 0 saturated carbocycles. The molecule has 4 nitrogen and oxygen atoms in total. The van der Waals surface area contributed by atoms with Gasteiger partial charge in [0.25, 0.3) is 0 Å². The van der Waals surface area contributed by atoms with E-state index in [1.165, 1.54) is 0 Å². The molecule has 2 rings (SSSR count). The van der Waals surface area contributed by atoms with Gasteiger partial charge in [-0.25, -0.2) is 0 Å². The van der Waals surface area contributed by atoms with E-state index < -0.39 is 0 Å². The van der Waals surface area contributed by atoms with E-state index in [2.05, 4.69) is 24.1 Å². The van der Waals surface area contributed by atoms with Gasteiger partial charge >= 0.3 is 0 Å². The maximum Gasteiger partial charge on any atom is 0.221 e. The first kappa shape index (κ1) is 14.9. The zero-order valence-corrected chi connectivity index (χ0v) is 12.4. The van der Waals surface area contributed by atoms with Crippen LogP contribution in [-0.4, -0.2) is 36.0 Å². The third-order valence-electron chi connectivity index (χ3n) is 4.00. The fourth-order valence-electron chi connectivity index (χ4n) is 2.78. The minimum absolute atomic E-state index is 0.283. The first-order chi connectivity index (χ1) is 9.56. The molecule has 0 aromatic heterocycles. The number of carbonyl (C=O) groups excluding carboxylic acids is 1. The molecule has 0 unspecified atom stereocenters. The number of primary amides is 1. The number of hydrogen-bond donors (Lipinski definition) is 2. The van der Waals surface area contributed by atoms with Gasteiger partial charge < -0.3 is 16.0 Å². The molecular weight excluding hydrogens is 250 g/mol. The Morgan fingerprint density at radius 3 is 2.60 bits per heavy atom. The highest BCUT2D eigenvalue weighted by Crippen LogP contribution is 2.21. The largest absolute Gasteiger partial charge is 0.382 e. The Hall–Kier alpha value is -1.55. The number of amides is 1. The fraction of sp³-hybridized carbons (Fsp3) is 0.562. The lowest BCUT2D eigenvalue weighted by Gasteiger charge is -2.35. The van der Waals surface area contributed by atoms with E-state index in [0.29, 0.717) is 18.5 Å². The van der Waals surface area contributed by atoms with E-state index in [1.807, 2.05) is 24.3 Å². The molecule has 1 saturated heterocycles. The standard InChI is InChI=1S/C16H25N3O/c1-12(2)19-9-7-14(8-10-19)18-15-6-4-3-5-13(15)11-16(17)20/h3-6,12,14,18H,7-11H2,1-2H3,(H2,17,20). The Bertz CT molecular complexity index is 451. The molecule has 110 valence electrons. The molecule has 1 aromatic rings. The lowest BCUT2D eigenvalue weighted by Crippen LogP contribution is -2.42. The normalized spacial score (nSPS) is 17.4. The molecule has 1 aliphatic heterocycles. The number of rotatable bonds is 5.